The fourth-order valence-electron chi connectivity index (χ4n) is 4.31. The number of esters is 1. The zero-order chi connectivity index (χ0) is 22.8. The number of ether oxygens (including phenoxy) is 1. The van der Waals surface area contributed by atoms with E-state index in [1.165, 1.54) is 128 Å². The van der Waals surface area contributed by atoms with Gasteiger partial charge in [0.2, 0.25) is 0 Å². The highest BCUT2D eigenvalue weighted by Gasteiger charge is 2.13. The Labute approximate surface area is 196 Å². The van der Waals surface area contributed by atoms with Gasteiger partial charge in [-0.25, -0.2) is 0 Å². The van der Waals surface area contributed by atoms with Crippen molar-refractivity contribution >= 4 is 5.97 Å². The molecular formula is C29H58O2. The first-order valence-corrected chi connectivity index (χ1v) is 14.4. The monoisotopic (exact) mass is 438 g/mol. The second kappa shape index (κ2) is 25.7. The molecule has 0 heterocycles. The van der Waals surface area contributed by atoms with E-state index in [9.17, 15) is 4.79 Å². The predicted octanol–water partition coefficient (Wildman–Crippen LogP) is 10.2. The van der Waals surface area contributed by atoms with E-state index >= 15 is 0 Å². The maximum Gasteiger partial charge on any atom is 0.308 e. The van der Waals surface area contributed by atoms with Gasteiger partial charge in [-0.1, -0.05) is 156 Å². The molecule has 0 aromatic heterocycles. The predicted molar refractivity (Wildman–Crippen MR) is 138 cm³/mol. The molecule has 0 saturated carbocycles. The molecule has 0 aromatic carbocycles. The number of carbonyl (C=O) groups is 1. The SMILES string of the molecule is CCCCCCCCCCCCCCCCCCCCOC(=O)[C@@H](C)CCCCCC. The summed E-state index contributed by atoms with van der Waals surface area (Å²) < 4.78 is 5.45. The Bertz CT molecular complexity index is 353. The third-order valence-corrected chi connectivity index (χ3v) is 6.64. The number of hydrogen-bond donors (Lipinski definition) is 0. The molecule has 0 radical (unpaired) electrons. The van der Waals surface area contributed by atoms with E-state index in [1.807, 2.05) is 6.92 Å². The zero-order valence-corrected chi connectivity index (χ0v) is 21.9. The van der Waals surface area contributed by atoms with Gasteiger partial charge in [0.25, 0.3) is 0 Å². The summed E-state index contributed by atoms with van der Waals surface area (Å²) in [5.74, 6) is 0.0934. The van der Waals surface area contributed by atoms with E-state index in [1.54, 1.807) is 0 Å². The Morgan fingerprint density at radius 2 is 0.839 bits per heavy atom. The highest BCUT2D eigenvalue weighted by Crippen LogP contribution is 2.15. The minimum atomic E-state index is 0.0171. The number of hydrogen-bond acceptors (Lipinski definition) is 2. The van der Waals surface area contributed by atoms with Crippen LogP contribution in [0.15, 0.2) is 0 Å². The van der Waals surface area contributed by atoms with Gasteiger partial charge < -0.3 is 4.74 Å². The molecule has 0 aromatic rings. The quantitative estimate of drug-likeness (QED) is 0.105. The second-order valence-electron chi connectivity index (χ2n) is 9.93. The van der Waals surface area contributed by atoms with Crippen LogP contribution in [0.3, 0.4) is 0 Å². The smallest absolute Gasteiger partial charge is 0.308 e. The molecule has 0 saturated heterocycles. The van der Waals surface area contributed by atoms with E-state index in [-0.39, 0.29) is 11.9 Å². The van der Waals surface area contributed by atoms with Crippen LogP contribution in [0.1, 0.15) is 168 Å². The molecule has 0 N–H and O–H groups in total. The minimum absolute atomic E-state index is 0.0171. The Hall–Kier alpha value is -0.530. The van der Waals surface area contributed by atoms with Crippen LogP contribution in [0.2, 0.25) is 0 Å². The molecule has 1 atom stereocenters. The van der Waals surface area contributed by atoms with Crippen molar-refractivity contribution in [3.63, 3.8) is 0 Å². The molecule has 0 spiro atoms. The van der Waals surface area contributed by atoms with Crippen LogP contribution in [0.25, 0.3) is 0 Å². The fourth-order valence-corrected chi connectivity index (χ4v) is 4.31. The lowest BCUT2D eigenvalue weighted by atomic mass is 10.0. The summed E-state index contributed by atoms with van der Waals surface area (Å²) in [6, 6.07) is 0. The Morgan fingerprint density at radius 1 is 0.516 bits per heavy atom. The zero-order valence-electron chi connectivity index (χ0n) is 21.9. The maximum absolute atomic E-state index is 12.0. The molecule has 186 valence electrons. The van der Waals surface area contributed by atoms with Gasteiger partial charge in [-0.15, -0.1) is 0 Å². The van der Waals surface area contributed by atoms with E-state index < -0.39 is 0 Å². The lowest BCUT2D eigenvalue weighted by molar-refractivity contribution is -0.148. The molecule has 0 bridgehead atoms. The standard InChI is InChI=1S/C29H58O2/c1-4-6-8-10-11-12-13-14-15-16-17-18-19-20-21-22-23-25-27-31-29(30)28(3)26-24-9-7-5-2/h28H,4-27H2,1-3H3/t28-/m0/s1. The highest BCUT2D eigenvalue weighted by molar-refractivity contribution is 5.71. The van der Waals surface area contributed by atoms with Crippen molar-refractivity contribution in [2.24, 2.45) is 5.92 Å². The summed E-state index contributed by atoms with van der Waals surface area (Å²) >= 11 is 0. The summed E-state index contributed by atoms with van der Waals surface area (Å²) in [6.07, 6.45) is 30.8. The third-order valence-electron chi connectivity index (χ3n) is 6.64. The summed E-state index contributed by atoms with van der Waals surface area (Å²) in [6.45, 7) is 7.15. The maximum atomic E-state index is 12.0. The number of carbonyl (C=O) groups excluding carboxylic acids is 1. The van der Waals surface area contributed by atoms with Gasteiger partial charge in [0.15, 0.2) is 0 Å². The van der Waals surface area contributed by atoms with Gasteiger partial charge in [-0.3, -0.25) is 4.79 Å². The van der Waals surface area contributed by atoms with Crippen molar-refractivity contribution in [3.05, 3.63) is 0 Å². The molecule has 2 nitrogen and oxygen atoms in total. The molecule has 0 rings (SSSR count). The van der Waals surface area contributed by atoms with Crippen molar-refractivity contribution in [1.29, 1.82) is 0 Å². The Balaban J connectivity index is 3.19. The van der Waals surface area contributed by atoms with E-state index in [2.05, 4.69) is 13.8 Å². The normalized spacial score (nSPS) is 12.2. The molecule has 0 unspecified atom stereocenters. The van der Waals surface area contributed by atoms with E-state index in [0.29, 0.717) is 6.61 Å². The highest BCUT2D eigenvalue weighted by atomic mass is 16.5. The van der Waals surface area contributed by atoms with Crippen LogP contribution in [-0.4, -0.2) is 12.6 Å². The van der Waals surface area contributed by atoms with Crippen LogP contribution < -0.4 is 0 Å². The first-order chi connectivity index (χ1) is 15.2. The van der Waals surface area contributed by atoms with Crippen LogP contribution in [0.5, 0.6) is 0 Å². The first kappa shape index (κ1) is 30.5. The average Bonchev–Trinajstić information content (AvgIpc) is 2.78. The van der Waals surface area contributed by atoms with Crippen molar-refractivity contribution in [2.75, 3.05) is 6.61 Å². The van der Waals surface area contributed by atoms with E-state index in [4.69, 9.17) is 4.74 Å². The number of rotatable bonds is 25. The van der Waals surface area contributed by atoms with Crippen LogP contribution in [-0.2, 0) is 9.53 Å². The van der Waals surface area contributed by atoms with Gasteiger partial charge in [0.05, 0.1) is 12.5 Å². The molecule has 31 heavy (non-hydrogen) atoms. The summed E-state index contributed by atoms with van der Waals surface area (Å²) in [5, 5.41) is 0. The van der Waals surface area contributed by atoms with Gasteiger partial charge in [-0.05, 0) is 12.8 Å². The molecule has 0 aliphatic rings. The van der Waals surface area contributed by atoms with Gasteiger partial charge in [-0.2, -0.15) is 0 Å². The molecule has 0 aliphatic heterocycles. The van der Waals surface area contributed by atoms with Gasteiger partial charge in [0, 0.05) is 0 Å². The van der Waals surface area contributed by atoms with Crippen LogP contribution in [0.4, 0.5) is 0 Å². The largest absolute Gasteiger partial charge is 0.465 e. The molecule has 0 aliphatic carbocycles. The molecular weight excluding hydrogens is 380 g/mol. The Kier molecular flexibility index (Phi) is 25.3. The summed E-state index contributed by atoms with van der Waals surface area (Å²) in [4.78, 5) is 12.0. The fraction of sp³-hybridized carbons (Fsp3) is 0.966. The van der Waals surface area contributed by atoms with Gasteiger partial charge >= 0.3 is 5.97 Å². The Morgan fingerprint density at radius 3 is 1.23 bits per heavy atom. The van der Waals surface area contributed by atoms with Crippen molar-refractivity contribution in [2.45, 2.75) is 168 Å². The van der Waals surface area contributed by atoms with Crippen molar-refractivity contribution in [1.82, 2.24) is 0 Å². The lowest BCUT2D eigenvalue weighted by Gasteiger charge is -2.11. The lowest BCUT2D eigenvalue weighted by Crippen LogP contribution is -2.15. The first-order valence-electron chi connectivity index (χ1n) is 14.4. The van der Waals surface area contributed by atoms with Crippen molar-refractivity contribution < 1.29 is 9.53 Å². The molecule has 0 amide bonds. The third kappa shape index (κ3) is 24.0. The molecule has 2 heteroatoms. The van der Waals surface area contributed by atoms with Crippen LogP contribution in [0, 0.1) is 5.92 Å². The molecule has 0 fully saturated rings. The minimum Gasteiger partial charge on any atom is -0.465 e. The average molecular weight is 439 g/mol. The van der Waals surface area contributed by atoms with Gasteiger partial charge in [0.1, 0.15) is 0 Å². The van der Waals surface area contributed by atoms with E-state index in [0.717, 1.165) is 19.3 Å². The topological polar surface area (TPSA) is 26.3 Å². The second-order valence-corrected chi connectivity index (χ2v) is 9.93. The van der Waals surface area contributed by atoms with Crippen molar-refractivity contribution in [3.8, 4) is 0 Å². The van der Waals surface area contributed by atoms with Crippen LogP contribution >= 0.6 is 0 Å². The number of unbranched alkanes of at least 4 members (excludes halogenated alkanes) is 20. The summed E-state index contributed by atoms with van der Waals surface area (Å²) in [7, 11) is 0. The summed E-state index contributed by atoms with van der Waals surface area (Å²) in [5.41, 5.74) is 0.